The molecule has 1 aliphatic rings. The molecule has 98 valence electrons. The van der Waals surface area contributed by atoms with E-state index in [4.69, 9.17) is 0 Å². The van der Waals surface area contributed by atoms with Crippen molar-refractivity contribution in [2.75, 3.05) is 6.54 Å². The van der Waals surface area contributed by atoms with E-state index >= 15 is 0 Å². The van der Waals surface area contributed by atoms with E-state index in [1.807, 2.05) is 24.1 Å². The number of piperidine rings is 1. The molecule has 0 bridgehead atoms. The summed E-state index contributed by atoms with van der Waals surface area (Å²) in [5.41, 5.74) is 5.00. The first kappa shape index (κ1) is 12.0. The van der Waals surface area contributed by atoms with Crippen LogP contribution in [-0.2, 0) is 7.05 Å². The van der Waals surface area contributed by atoms with Gasteiger partial charge in [0, 0.05) is 31.0 Å². The van der Waals surface area contributed by atoms with E-state index in [0.717, 1.165) is 13.0 Å². The molecule has 1 fully saturated rings. The van der Waals surface area contributed by atoms with Crippen LogP contribution in [0.5, 0.6) is 0 Å². The Morgan fingerprint density at radius 1 is 1.26 bits per heavy atom. The van der Waals surface area contributed by atoms with Crippen LogP contribution in [0.25, 0.3) is 17.2 Å². The molecule has 0 amide bonds. The Balaban J connectivity index is 1.87. The molecule has 1 aliphatic heterocycles. The number of aromatic nitrogens is 2. The molecule has 2 heterocycles. The number of allylic oxidation sites excluding steroid dienone is 1. The Hall–Kier alpha value is -2.03. The van der Waals surface area contributed by atoms with Crippen LogP contribution in [0.3, 0.4) is 0 Å². The Morgan fingerprint density at radius 3 is 2.95 bits per heavy atom. The third-order valence-electron chi connectivity index (χ3n) is 3.49. The first-order valence-corrected chi connectivity index (χ1v) is 6.85. The highest BCUT2D eigenvalue weighted by atomic mass is 15.2. The van der Waals surface area contributed by atoms with Gasteiger partial charge in [-0.25, -0.2) is 0 Å². The van der Waals surface area contributed by atoms with E-state index in [2.05, 4.69) is 40.8 Å². The fourth-order valence-electron chi connectivity index (χ4n) is 2.48. The first-order chi connectivity index (χ1) is 9.31. The predicted octanol–water partition coefficient (Wildman–Crippen LogP) is 3.20. The van der Waals surface area contributed by atoms with Crippen LogP contribution in [-0.4, -0.2) is 16.3 Å². The van der Waals surface area contributed by atoms with Gasteiger partial charge in [-0.3, -0.25) is 4.68 Å². The normalized spacial score (nSPS) is 17.4. The van der Waals surface area contributed by atoms with Crippen LogP contribution in [0, 0.1) is 0 Å². The van der Waals surface area contributed by atoms with E-state index in [0.29, 0.717) is 0 Å². The molecule has 0 radical (unpaired) electrons. The molecule has 0 unspecified atom stereocenters. The summed E-state index contributed by atoms with van der Waals surface area (Å²) in [5, 5.41) is 7.70. The first-order valence-electron chi connectivity index (χ1n) is 6.85. The number of hydrogen-bond donors (Lipinski definition) is 1. The molecule has 1 aromatic heterocycles. The lowest BCUT2D eigenvalue weighted by atomic mass is 10.0. The molecular formula is C16H19N3. The maximum absolute atomic E-state index is 4.23. The topological polar surface area (TPSA) is 29.9 Å². The molecule has 0 atom stereocenters. The molecule has 0 aliphatic carbocycles. The third-order valence-corrected chi connectivity index (χ3v) is 3.49. The van der Waals surface area contributed by atoms with Crippen molar-refractivity contribution in [3.63, 3.8) is 0 Å². The zero-order valence-electron chi connectivity index (χ0n) is 11.3. The fraction of sp³-hybridized carbons (Fsp3) is 0.312. The van der Waals surface area contributed by atoms with Crippen LogP contribution in [0.15, 0.2) is 42.4 Å². The third kappa shape index (κ3) is 2.87. The van der Waals surface area contributed by atoms with E-state index in [9.17, 15) is 0 Å². The van der Waals surface area contributed by atoms with Crippen LogP contribution in [0.1, 0.15) is 24.8 Å². The molecule has 1 aromatic carbocycles. The lowest BCUT2D eigenvalue weighted by Gasteiger charge is -2.16. The van der Waals surface area contributed by atoms with E-state index in [1.165, 1.54) is 35.2 Å². The summed E-state index contributed by atoms with van der Waals surface area (Å²) in [6.45, 7) is 1.11. The van der Waals surface area contributed by atoms with Gasteiger partial charge in [0.15, 0.2) is 0 Å². The lowest BCUT2D eigenvalue weighted by molar-refractivity contribution is 0.592. The van der Waals surface area contributed by atoms with Crippen molar-refractivity contribution in [2.45, 2.75) is 19.3 Å². The van der Waals surface area contributed by atoms with Crippen molar-refractivity contribution in [2.24, 2.45) is 7.05 Å². The van der Waals surface area contributed by atoms with Crippen LogP contribution < -0.4 is 5.32 Å². The summed E-state index contributed by atoms with van der Waals surface area (Å²) < 4.78 is 1.84. The maximum atomic E-state index is 4.23. The van der Waals surface area contributed by atoms with Crippen molar-refractivity contribution >= 4 is 6.08 Å². The number of benzene rings is 1. The van der Waals surface area contributed by atoms with E-state index < -0.39 is 0 Å². The van der Waals surface area contributed by atoms with Gasteiger partial charge < -0.3 is 5.32 Å². The minimum atomic E-state index is 1.11. The SMILES string of the molecule is Cn1cc(-c2cccc(/C=C3\CCCCN3)c2)cn1. The second kappa shape index (κ2) is 5.31. The van der Waals surface area contributed by atoms with Gasteiger partial charge in [0.05, 0.1) is 6.20 Å². The van der Waals surface area contributed by atoms with Gasteiger partial charge in [-0.2, -0.15) is 5.10 Å². The molecule has 2 aromatic rings. The highest BCUT2D eigenvalue weighted by Crippen LogP contribution is 2.21. The number of aryl methyl sites for hydroxylation is 1. The Morgan fingerprint density at radius 2 is 2.21 bits per heavy atom. The summed E-state index contributed by atoms with van der Waals surface area (Å²) in [5.74, 6) is 0. The van der Waals surface area contributed by atoms with Gasteiger partial charge in [-0.05, 0) is 42.5 Å². The quantitative estimate of drug-likeness (QED) is 0.890. The smallest absolute Gasteiger partial charge is 0.0568 e. The van der Waals surface area contributed by atoms with Crippen LogP contribution >= 0.6 is 0 Å². The zero-order chi connectivity index (χ0) is 13.1. The molecule has 3 rings (SSSR count). The number of hydrogen-bond acceptors (Lipinski definition) is 2. The molecule has 0 spiro atoms. The molecular weight excluding hydrogens is 234 g/mol. The second-order valence-electron chi connectivity index (χ2n) is 5.08. The zero-order valence-corrected chi connectivity index (χ0v) is 11.3. The highest BCUT2D eigenvalue weighted by Gasteiger charge is 2.05. The monoisotopic (exact) mass is 253 g/mol. The summed E-state index contributed by atoms with van der Waals surface area (Å²) in [6.07, 6.45) is 9.96. The minimum Gasteiger partial charge on any atom is -0.388 e. The van der Waals surface area contributed by atoms with E-state index in [1.54, 1.807) is 0 Å². The predicted molar refractivity (Wildman–Crippen MR) is 78.5 cm³/mol. The van der Waals surface area contributed by atoms with Gasteiger partial charge >= 0.3 is 0 Å². The second-order valence-corrected chi connectivity index (χ2v) is 5.08. The van der Waals surface area contributed by atoms with Crippen LogP contribution in [0.2, 0.25) is 0 Å². The fourth-order valence-corrected chi connectivity index (χ4v) is 2.48. The van der Waals surface area contributed by atoms with E-state index in [-0.39, 0.29) is 0 Å². The summed E-state index contributed by atoms with van der Waals surface area (Å²) in [4.78, 5) is 0. The van der Waals surface area contributed by atoms with Crippen molar-refractivity contribution in [1.29, 1.82) is 0 Å². The van der Waals surface area contributed by atoms with Crippen molar-refractivity contribution < 1.29 is 0 Å². The van der Waals surface area contributed by atoms with Crippen LogP contribution in [0.4, 0.5) is 0 Å². The average molecular weight is 253 g/mol. The number of rotatable bonds is 2. The Labute approximate surface area is 114 Å². The summed E-state index contributed by atoms with van der Waals surface area (Å²) in [6, 6.07) is 8.62. The maximum Gasteiger partial charge on any atom is 0.0568 e. The largest absolute Gasteiger partial charge is 0.388 e. The molecule has 1 N–H and O–H groups in total. The van der Waals surface area contributed by atoms with Crippen molar-refractivity contribution in [3.05, 3.63) is 47.9 Å². The standard InChI is InChI=1S/C16H19N3/c1-19-12-15(11-18-19)14-6-4-5-13(9-14)10-16-7-2-3-8-17-16/h4-6,9-12,17H,2-3,7-8H2,1H3/b16-10+. The molecule has 19 heavy (non-hydrogen) atoms. The van der Waals surface area contributed by atoms with Gasteiger partial charge in [-0.15, -0.1) is 0 Å². The number of nitrogens with one attached hydrogen (secondary N) is 1. The Bertz CT molecular complexity index is 588. The number of nitrogens with zero attached hydrogens (tertiary/aromatic N) is 2. The molecule has 1 saturated heterocycles. The molecule has 0 saturated carbocycles. The van der Waals surface area contributed by atoms with Crippen molar-refractivity contribution in [3.8, 4) is 11.1 Å². The Kier molecular flexibility index (Phi) is 3.36. The molecule has 3 nitrogen and oxygen atoms in total. The van der Waals surface area contributed by atoms with Gasteiger partial charge in [0.2, 0.25) is 0 Å². The molecule has 3 heteroatoms. The highest BCUT2D eigenvalue weighted by molar-refractivity contribution is 5.66. The van der Waals surface area contributed by atoms with Gasteiger partial charge in [0.25, 0.3) is 0 Å². The lowest BCUT2D eigenvalue weighted by Crippen LogP contribution is -2.19. The average Bonchev–Trinajstić information content (AvgIpc) is 2.87. The summed E-state index contributed by atoms with van der Waals surface area (Å²) in [7, 11) is 1.95. The van der Waals surface area contributed by atoms with Gasteiger partial charge in [-0.1, -0.05) is 18.2 Å². The summed E-state index contributed by atoms with van der Waals surface area (Å²) >= 11 is 0. The van der Waals surface area contributed by atoms with Crippen molar-refractivity contribution in [1.82, 2.24) is 15.1 Å². The van der Waals surface area contributed by atoms with Gasteiger partial charge in [0.1, 0.15) is 0 Å². The minimum absolute atomic E-state index is 1.11.